The van der Waals surface area contributed by atoms with Crippen LogP contribution in [0.15, 0.2) is 35.5 Å². The first-order chi connectivity index (χ1) is 12.4. The van der Waals surface area contributed by atoms with E-state index in [0.717, 1.165) is 0 Å². The van der Waals surface area contributed by atoms with Crippen LogP contribution in [0.4, 0.5) is 10.5 Å². The number of aryl methyl sites for hydroxylation is 1. The van der Waals surface area contributed by atoms with E-state index in [1.54, 1.807) is 33.8 Å². The minimum atomic E-state index is -3.92. The van der Waals surface area contributed by atoms with Crippen molar-refractivity contribution >= 4 is 33.4 Å². The number of nitrogens with one attached hydrogen (secondary N) is 1. The highest BCUT2D eigenvalue weighted by Gasteiger charge is 2.27. The molecule has 0 aromatic carbocycles. The quantitative estimate of drug-likeness (QED) is 0.726. The second-order valence-electron chi connectivity index (χ2n) is 6.92. The van der Waals surface area contributed by atoms with Gasteiger partial charge in [-0.2, -0.15) is 0 Å². The average Bonchev–Trinajstić information content (AvgIpc) is 2.52. The van der Waals surface area contributed by atoms with Crippen LogP contribution in [0, 0.1) is 6.92 Å². The number of anilines is 1. The Kier molecular flexibility index (Phi) is 5.96. The molecule has 1 amide bonds. The fourth-order valence-corrected chi connectivity index (χ4v) is 3.84. The maximum absolute atomic E-state index is 12.5. The number of sulfonamides is 1. The maximum atomic E-state index is 12.5. The van der Waals surface area contributed by atoms with Gasteiger partial charge in [0.05, 0.1) is 24.1 Å². The summed E-state index contributed by atoms with van der Waals surface area (Å²) < 4.78 is 27.3. The Labute approximate surface area is 163 Å². The molecule has 0 spiro atoms. The van der Waals surface area contributed by atoms with Crippen LogP contribution in [-0.4, -0.2) is 40.0 Å². The normalized spacial score (nSPS) is 11.9. The molecule has 0 aliphatic rings. The van der Waals surface area contributed by atoms with E-state index in [1.807, 2.05) is 0 Å². The molecule has 10 heteroatoms. The Morgan fingerprint density at radius 3 is 2.52 bits per heavy atom. The summed E-state index contributed by atoms with van der Waals surface area (Å²) in [7, 11) is -3.92. The summed E-state index contributed by atoms with van der Waals surface area (Å²) in [6.07, 6.45) is 1.68. The first-order valence-corrected chi connectivity index (χ1v) is 9.87. The third-order valence-corrected chi connectivity index (χ3v) is 5.63. The first-order valence-electron chi connectivity index (χ1n) is 8.01. The maximum Gasteiger partial charge on any atom is 0.408 e. The fraction of sp³-hybridized carbons (Fsp3) is 0.353. The molecular weight excluding hydrogens is 392 g/mol. The second kappa shape index (κ2) is 7.69. The topological polar surface area (TPSA) is 112 Å². The van der Waals surface area contributed by atoms with Gasteiger partial charge in [-0.25, -0.2) is 18.2 Å². The van der Waals surface area contributed by atoms with Gasteiger partial charge in [-0.3, -0.25) is 14.6 Å². The molecule has 0 fully saturated rings. The summed E-state index contributed by atoms with van der Waals surface area (Å²) in [5.74, 6) is 0. The number of aromatic nitrogens is 2. The van der Waals surface area contributed by atoms with Crippen molar-refractivity contribution in [1.29, 1.82) is 0 Å². The molecule has 0 aliphatic carbocycles. The fourth-order valence-electron chi connectivity index (χ4n) is 2.35. The summed E-state index contributed by atoms with van der Waals surface area (Å²) in [6, 6.07) is 4.41. The number of amides is 1. The van der Waals surface area contributed by atoms with Gasteiger partial charge in [0, 0.05) is 11.7 Å². The van der Waals surface area contributed by atoms with E-state index in [-0.39, 0.29) is 22.3 Å². The molecular formula is C17H21ClN4O4S. The van der Waals surface area contributed by atoms with Crippen LogP contribution in [0.2, 0.25) is 5.15 Å². The van der Waals surface area contributed by atoms with E-state index in [2.05, 4.69) is 14.7 Å². The number of hydrogen-bond acceptors (Lipinski definition) is 5. The van der Waals surface area contributed by atoms with Crippen molar-refractivity contribution in [3.05, 3.63) is 47.0 Å². The van der Waals surface area contributed by atoms with Crippen LogP contribution in [-0.2, 0) is 16.6 Å². The Morgan fingerprint density at radius 2 is 2.00 bits per heavy atom. The molecule has 2 N–H and O–H groups in total. The van der Waals surface area contributed by atoms with Crippen LogP contribution in [0.3, 0.4) is 0 Å². The number of rotatable bonds is 5. The standard InChI is InChI=1S/C17H21ClN4O4S/c1-11-8-12(21-27(25,26)14-6-5-7-19-15(14)18)9-20-13(11)10-22(16(23)24)17(2,3)4/h5-9,21H,10H2,1-4H3,(H,23,24). The lowest BCUT2D eigenvalue weighted by molar-refractivity contribution is 0.0946. The van der Waals surface area contributed by atoms with Gasteiger partial charge < -0.3 is 5.11 Å². The van der Waals surface area contributed by atoms with Crippen molar-refractivity contribution in [2.24, 2.45) is 0 Å². The van der Waals surface area contributed by atoms with Crippen LogP contribution in [0.1, 0.15) is 32.0 Å². The molecule has 0 radical (unpaired) electrons. The Morgan fingerprint density at radius 1 is 1.33 bits per heavy atom. The number of halogens is 1. The molecule has 0 saturated carbocycles. The van der Waals surface area contributed by atoms with E-state index in [0.29, 0.717) is 11.3 Å². The summed E-state index contributed by atoms with van der Waals surface area (Å²) in [6.45, 7) is 7.19. The van der Waals surface area contributed by atoms with Crippen LogP contribution >= 0.6 is 11.6 Å². The van der Waals surface area contributed by atoms with Gasteiger partial charge in [0.15, 0.2) is 0 Å². The number of carboxylic acid groups (broad SMARTS) is 1. The molecule has 0 saturated heterocycles. The molecule has 2 heterocycles. The zero-order valence-corrected chi connectivity index (χ0v) is 17.0. The molecule has 0 bridgehead atoms. The van der Waals surface area contributed by atoms with Gasteiger partial charge in [-0.15, -0.1) is 0 Å². The lowest BCUT2D eigenvalue weighted by atomic mass is 10.1. The second-order valence-corrected chi connectivity index (χ2v) is 8.93. The summed E-state index contributed by atoms with van der Waals surface area (Å²) in [4.78, 5) is 20.6. The number of carbonyl (C=O) groups is 1. The molecule has 0 aliphatic heterocycles. The zero-order valence-electron chi connectivity index (χ0n) is 15.4. The van der Waals surface area contributed by atoms with E-state index >= 15 is 0 Å². The average molecular weight is 413 g/mol. The molecule has 2 aromatic heterocycles. The van der Waals surface area contributed by atoms with E-state index in [9.17, 15) is 18.3 Å². The van der Waals surface area contributed by atoms with Gasteiger partial charge in [0.25, 0.3) is 10.0 Å². The Hall–Kier alpha value is -2.39. The van der Waals surface area contributed by atoms with Crippen LogP contribution in [0.25, 0.3) is 0 Å². The molecule has 27 heavy (non-hydrogen) atoms. The predicted octanol–water partition coefficient (Wildman–Crippen LogP) is 3.52. The molecule has 2 rings (SSSR count). The number of nitrogens with zero attached hydrogens (tertiary/aromatic N) is 3. The number of hydrogen-bond donors (Lipinski definition) is 2. The van der Waals surface area contributed by atoms with Gasteiger partial charge in [-0.05, 0) is 51.5 Å². The predicted molar refractivity (Wildman–Crippen MR) is 102 cm³/mol. The summed E-state index contributed by atoms with van der Waals surface area (Å²) >= 11 is 5.85. The van der Waals surface area contributed by atoms with Gasteiger partial charge in [0.2, 0.25) is 0 Å². The molecule has 0 atom stereocenters. The summed E-state index contributed by atoms with van der Waals surface area (Å²) in [5.41, 5.74) is 0.837. The highest BCUT2D eigenvalue weighted by atomic mass is 35.5. The molecule has 0 unspecified atom stereocenters. The smallest absolute Gasteiger partial charge is 0.408 e. The molecule has 2 aromatic rings. The molecule has 146 valence electrons. The minimum absolute atomic E-state index is 0.0894. The van der Waals surface area contributed by atoms with Crippen molar-refractivity contribution < 1.29 is 18.3 Å². The lowest BCUT2D eigenvalue weighted by Gasteiger charge is -2.33. The highest BCUT2D eigenvalue weighted by Crippen LogP contribution is 2.23. The Balaban J connectivity index is 2.27. The zero-order chi connectivity index (χ0) is 20.4. The van der Waals surface area contributed by atoms with Gasteiger partial charge >= 0.3 is 6.09 Å². The lowest BCUT2D eigenvalue weighted by Crippen LogP contribution is -2.44. The summed E-state index contributed by atoms with van der Waals surface area (Å²) in [5, 5.41) is 9.28. The number of pyridine rings is 2. The largest absolute Gasteiger partial charge is 0.465 e. The van der Waals surface area contributed by atoms with Crippen LogP contribution in [0.5, 0.6) is 0 Å². The monoisotopic (exact) mass is 412 g/mol. The first kappa shape index (κ1) is 20.9. The third-order valence-electron chi connectivity index (χ3n) is 3.80. The van der Waals surface area contributed by atoms with Crippen molar-refractivity contribution in [2.45, 2.75) is 44.7 Å². The van der Waals surface area contributed by atoms with E-state index < -0.39 is 21.7 Å². The van der Waals surface area contributed by atoms with Crippen LogP contribution < -0.4 is 4.72 Å². The third kappa shape index (κ3) is 5.08. The Bertz CT molecular complexity index is 958. The van der Waals surface area contributed by atoms with Gasteiger partial charge in [0.1, 0.15) is 10.0 Å². The SMILES string of the molecule is Cc1cc(NS(=O)(=O)c2cccnc2Cl)cnc1CN(C(=O)O)C(C)(C)C. The van der Waals surface area contributed by atoms with Crippen molar-refractivity contribution in [1.82, 2.24) is 14.9 Å². The van der Waals surface area contributed by atoms with E-state index in [4.69, 9.17) is 11.6 Å². The highest BCUT2D eigenvalue weighted by molar-refractivity contribution is 7.92. The molecule has 8 nitrogen and oxygen atoms in total. The van der Waals surface area contributed by atoms with Crippen molar-refractivity contribution in [3.8, 4) is 0 Å². The van der Waals surface area contributed by atoms with Gasteiger partial charge in [-0.1, -0.05) is 11.6 Å². The van der Waals surface area contributed by atoms with Crippen molar-refractivity contribution in [3.63, 3.8) is 0 Å². The minimum Gasteiger partial charge on any atom is -0.465 e. The van der Waals surface area contributed by atoms with E-state index in [1.165, 1.54) is 29.4 Å². The van der Waals surface area contributed by atoms with Crippen molar-refractivity contribution in [2.75, 3.05) is 4.72 Å².